The molecule has 0 fully saturated rings. The molecule has 4 rings (SSSR count). The molecule has 2 heterocycles. The summed E-state index contributed by atoms with van der Waals surface area (Å²) in [5.41, 5.74) is 2.19. The molecule has 0 radical (unpaired) electrons. The molecule has 0 aliphatic heterocycles. The Hall–Kier alpha value is -4.00. The standard InChI is InChI=1S/C20H14N4O3/c25-13-16-9-10-22-24(16)18-7-3-4-8-19(18)27-20(26)23-15-11-14-5-1-2-6-17(14)21-12-15/h1-13H,(H,23,26). The average molecular weight is 358 g/mol. The van der Waals surface area contributed by atoms with E-state index >= 15 is 0 Å². The number of benzene rings is 2. The summed E-state index contributed by atoms with van der Waals surface area (Å²) < 4.78 is 6.84. The molecule has 7 nitrogen and oxygen atoms in total. The Labute approximate surface area is 154 Å². The van der Waals surface area contributed by atoms with E-state index in [9.17, 15) is 9.59 Å². The number of ether oxygens (including phenoxy) is 1. The maximum absolute atomic E-state index is 12.3. The number of pyridine rings is 1. The van der Waals surface area contributed by atoms with Gasteiger partial charge in [0, 0.05) is 5.39 Å². The van der Waals surface area contributed by atoms with Gasteiger partial charge in [0.05, 0.1) is 23.6 Å². The Kier molecular flexibility index (Phi) is 4.32. The van der Waals surface area contributed by atoms with Crippen LogP contribution in [0.2, 0.25) is 0 Å². The molecule has 0 aliphatic rings. The van der Waals surface area contributed by atoms with Crippen LogP contribution in [-0.2, 0) is 0 Å². The number of hydrogen-bond acceptors (Lipinski definition) is 5. The third-order valence-electron chi connectivity index (χ3n) is 3.93. The van der Waals surface area contributed by atoms with Crippen LogP contribution >= 0.6 is 0 Å². The number of nitrogens with one attached hydrogen (secondary N) is 1. The fraction of sp³-hybridized carbons (Fsp3) is 0. The fourth-order valence-corrected chi connectivity index (χ4v) is 2.71. The average Bonchev–Trinajstić information content (AvgIpc) is 3.17. The first kappa shape index (κ1) is 16.5. The third kappa shape index (κ3) is 3.38. The number of nitrogens with zero attached hydrogens (tertiary/aromatic N) is 3. The van der Waals surface area contributed by atoms with Crippen molar-refractivity contribution in [2.45, 2.75) is 0 Å². The SMILES string of the molecule is O=Cc1ccnn1-c1ccccc1OC(=O)Nc1cnc2ccccc2c1. The number of anilines is 1. The molecule has 27 heavy (non-hydrogen) atoms. The van der Waals surface area contributed by atoms with E-state index in [4.69, 9.17) is 4.74 Å². The number of carbonyl (C=O) groups excluding carboxylic acids is 2. The van der Waals surface area contributed by atoms with Crippen molar-refractivity contribution in [2.24, 2.45) is 0 Å². The molecule has 2 aromatic carbocycles. The van der Waals surface area contributed by atoms with Gasteiger partial charge in [-0.15, -0.1) is 0 Å². The van der Waals surface area contributed by atoms with Gasteiger partial charge in [0.1, 0.15) is 11.4 Å². The second-order valence-electron chi connectivity index (χ2n) is 5.68. The van der Waals surface area contributed by atoms with Gasteiger partial charge >= 0.3 is 6.09 Å². The quantitative estimate of drug-likeness (QED) is 0.560. The molecule has 2 aromatic heterocycles. The van der Waals surface area contributed by atoms with E-state index in [-0.39, 0.29) is 5.75 Å². The summed E-state index contributed by atoms with van der Waals surface area (Å²) >= 11 is 0. The normalized spacial score (nSPS) is 10.5. The van der Waals surface area contributed by atoms with Gasteiger partial charge in [0.25, 0.3) is 0 Å². The highest BCUT2D eigenvalue weighted by Gasteiger charge is 2.13. The number of hydrogen-bond donors (Lipinski definition) is 1. The van der Waals surface area contributed by atoms with Crippen LogP contribution < -0.4 is 10.1 Å². The van der Waals surface area contributed by atoms with E-state index in [1.54, 1.807) is 36.5 Å². The van der Waals surface area contributed by atoms with Crippen molar-refractivity contribution in [3.8, 4) is 11.4 Å². The van der Waals surface area contributed by atoms with Crippen LogP contribution in [0.3, 0.4) is 0 Å². The molecule has 1 amide bonds. The number of carbonyl (C=O) groups is 2. The first-order valence-electron chi connectivity index (χ1n) is 8.17. The number of aromatic nitrogens is 3. The topological polar surface area (TPSA) is 86.1 Å². The van der Waals surface area contributed by atoms with Crippen molar-refractivity contribution in [1.29, 1.82) is 0 Å². The minimum absolute atomic E-state index is 0.274. The van der Waals surface area contributed by atoms with Crippen LogP contribution in [-0.4, -0.2) is 27.1 Å². The van der Waals surface area contributed by atoms with E-state index in [1.165, 1.54) is 10.9 Å². The first-order chi connectivity index (χ1) is 13.2. The summed E-state index contributed by atoms with van der Waals surface area (Å²) in [7, 11) is 0. The second-order valence-corrected chi connectivity index (χ2v) is 5.68. The van der Waals surface area contributed by atoms with Crippen molar-refractivity contribution >= 4 is 29.0 Å². The summed E-state index contributed by atoms with van der Waals surface area (Å²) in [4.78, 5) is 27.8. The van der Waals surface area contributed by atoms with Gasteiger partial charge in [-0.1, -0.05) is 30.3 Å². The zero-order valence-electron chi connectivity index (χ0n) is 14.1. The predicted octanol–water partition coefficient (Wildman–Crippen LogP) is 3.84. The van der Waals surface area contributed by atoms with Gasteiger partial charge in [-0.05, 0) is 30.3 Å². The van der Waals surface area contributed by atoms with E-state index in [2.05, 4.69) is 15.4 Å². The smallest absolute Gasteiger partial charge is 0.408 e. The maximum Gasteiger partial charge on any atom is 0.417 e. The molecular weight excluding hydrogens is 344 g/mol. The van der Waals surface area contributed by atoms with Gasteiger partial charge in [-0.25, -0.2) is 9.48 Å². The van der Waals surface area contributed by atoms with Crippen molar-refractivity contribution in [3.05, 3.63) is 78.8 Å². The monoisotopic (exact) mass is 358 g/mol. The third-order valence-corrected chi connectivity index (χ3v) is 3.93. The van der Waals surface area contributed by atoms with Crippen LogP contribution in [0, 0.1) is 0 Å². The predicted molar refractivity (Wildman–Crippen MR) is 100 cm³/mol. The highest BCUT2D eigenvalue weighted by molar-refractivity contribution is 5.90. The minimum atomic E-state index is -0.667. The molecule has 0 atom stereocenters. The molecule has 132 valence electrons. The zero-order chi connectivity index (χ0) is 18.6. The van der Waals surface area contributed by atoms with Gasteiger partial charge < -0.3 is 4.74 Å². The van der Waals surface area contributed by atoms with Crippen molar-refractivity contribution in [3.63, 3.8) is 0 Å². The molecule has 0 saturated heterocycles. The van der Waals surface area contributed by atoms with Crippen LogP contribution in [0.15, 0.2) is 73.1 Å². The van der Waals surface area contributed by atoms with Gasteiger partial charge in [0.15, 0.2) is 12.0 Å². The molecule has 0 bridgehead atoms. The number of para-hydroxylation sites is 3. The van der Waals surface area contributed by atoms with E-state index in [1.807, 2.05) is 30.3 Å². The number of amides is 1. The molecule has 4 aromatic rings. The Morgan fingerprint density at radius 1 is 1.07 bits per heavy atom. The number of fused-ring (bicyclic) bond motifs is 1. The Bertz CT molecular complexity index is 1140. The maximum atomic E-state index is 12.3. The molecule has 7 heteroatoms. The lowest BCUT2D eigenvalue weighted by Gasteiger charge is -2.12. The van der Waals surface area contributed by atoms with Crippen LogP contribution in [0.1, 0.15) is 10.5 Å². The summed E-state index contributed by atoms with van der Waals surface area (Å²) in [5.74, 6) is 0.274. The van der Waals surface area contributed by atoms with Crippen LogP contribution in [0.5, 0.6) is 5.75 Å². The van der Waals surface area contributed by atoms with E-state index in [0.717, 1.165) is 10.9 Å². The van der Waals surface area contributed by atoms with Crippen molar-refractivity contribution < 1.29 is 14.3 Å². The summed E-state index contributed by atoms with van der Waals surface area (Å²) in [6.07, 6.45) is 3.08. The van der Waals surface area contributed by atoms with Gasteiger partial charge in [-0.3, -0.25) is 15.1 Å². The Morgan fingerprint density at radius 3 is 2.78 bits per heavy atom. The molecule has 0 aliphatic carbocycles. The van der Waals surface area contributed by atoms with Crippen molar-refractivity contribution in [2.75, 3.05) is 5.32 Å². The number of aldehydes is 1. The van der Waals surface area contributed by atoms with Crippen molar-refractivity contribution in [1.82, 2.24) is 14.8 Å². The highest BCUT2D eigenvalue weighted by atomic mass is 16.6. The molecular formula is C20H14N4O3. The lowest BCUT2D eigenvalue weighted by atomic mass is 10.2. The lowest BCUT2D eigenvalue weighted by Crippen LogP contribution is -2.18. The Balaban J connectivity index is 1.57. The largest absolute Gasteiger partial charge is 0.417 e. The van der Waals surface area contributed by atoms with E-state index < -0.39 is 6.09 Å². The van der Waals surface area contributed by atoms with E-state index in [0.29, 0.717) is 23.4 Å². The molecule has 0 saturated carbocycles. The highest BCUT2D eigenvalue weighted by Crippen LogP contribution is 2.24. The zero-order valence-corrected chi connectivity index (χ0v) is 14.1. The van der Waals surface area contributed by atoms with Crippen LogP contribution in [0.25, 0.3) is 16.6 Å². The van der Waals surface area contributed by atoms with Gasteiger partial charge in [-0.2, -0.15) is 5.10 Å². The summed E-state index contributed by atoms with van der Waals surface area (Å²) in [5, 5.41) is 7.67. The lowest BCUT2D eigenvalue weighted by molar-refractivity contribution is 0.111. The first-order valence-corrected chi connectivity index (χ1v) is 8.17. The molecule has 1 N–H and O–H groups in total. The van der Waals surface area contributed by atoms with Gasteiger partial charge in [0.2, 0.25) is 0 Å². The second kappa shape index (κ2) is 7.09. The fourth-order valence-electron chi connectivity index (χ4n) is 2.71. The molecule has 0 unspecified atom stereocenters. The Morgan fingerprint density at radius 2 is 1.89 bits per heavy atom. The van der Waals surface area contributed by atoms with Crippen LogP contribution in [0.4, 0.5) is 10.5 Å². The minimum Gasteiger partial charge on any atom is -0.408 e. The number of rotatable bonds is 4. The summed E-state index contributed by atoms with van der Waals surface area (Å²) in [6.45, 7) is 0. The molecule has 0 spiro atoms. The summed E-state index contributed by atoms with van der Waals surface area (Å²) in [6, 6.07) is 17.8.